The molecule has 11 N–H and O–H groups in total. The molecule has 0 aromatic heterocycles. The number of unbranched alkanes of at least 4 members (excludes halogenated alkanes) is 1. The van der Waals surface area contributed by atoms with Crippen molar-refractivity contribution >= 4 is 35.6 Å². The zero-order chi connectivity index (χ0) is 27.1. The standard InChI is InChI=1S/C21H38N6O8/c1-11(2)17(27-18(31)12(23)6-9-16(29)30)20(33)25-13(7-8-15(24)28)19(32)26-14(21(34)35)5-3-4-10-22/h11-14,17H,3-10,22-23H2,1-2H3,(H2,24,28)(H,25,33)(H,26,32)(H,27,31)(H,29,30)(H,34,35). The largest absolute Gasteiger partial charge is 0.481 e. The molecule has 0 radical (unpaired) electrons. The van der Waals surface area contributed by atoms with E-state index in [0.717, 1.165) is 0 Å². The van der Waals surface area contributed by atoms with Crippen LogP contribution in [0.2, 0.25) is 0 Å². The molecule has 4 amide bonds. The summed E-state index contributed by atoms with van der Waals surface area (Å²) < 4.78 is 0. The van der Waals surface area contributed by atoms with E-state index >= 15 is 0 Å². The highest BCUT2D eigenvalue weighted by Crippen LogP contribution is 2.08. The molecule has 0 aromatic carbocycles. The van der Waals surface area contributed by atoms with Gasteiger partial charge in [0, 0.05) is 12.8 Å². The van der Waals surface area contributed by atoms with E-state index in [1.165, 1.54) is 0 Å². The van der Waals surface area contributed by atoms with Crippen LogP contribution >= 0.6 is 0 Å². The maximum absolute atomic E-state index is 12.9. The minimum atomic E-state index is -1.30. The number of hydrogen-bond acceptors (Lipinski definition) is 8. The molecule has 0 saturated carbocycles. The van der Waals surface area contributed by atoms with Crippen molar-refractivity contribution in [2.75, 3.05) is 6.54 Å². The van der Waals surface area contributed by atoms with Gasteiger partial charge >= 0.3 is 11.9 Å². The third kappa shape index (κ3) is 13.3. The molecule has 0 aliphatic heterocycles. The molecule has 200 valence electrons. The van der Waals surface area contributed by atoms with Crippen LogP contribution in [-0.2, 0) is 28.8 Å². The Labute approximate surface area is 203 Å². The number of nitrogens with two attached hydrogens (primary N) is 3. The molecule has 0 bridgehead atoms. The number of hydrogen-bond donors (Lipinski definition) is 8. The maximum Gasteiger partial charge on any atom is 0.326 e. The van der Waals surface area contributed by atoms with E-state index in [0.29, 0.717) is 19.4 Å². The summed E-state index contributed by atoms with van der Waals surface area (Å²) >= 11 is 0. The molecule has 0 spiro atoms. The highest BCUT2D eigenvalue weighted by Gasteiger charge is 2.31. The van der Waals surface area contributed by atoms with Crippen molar-refractivity contribution in [3.8, 4) is 0 Å². The lowest BCUT2D eigenvalue weighted by Gasteiger charge is -2.27. The number of aliphatic carboxylic acids is 2. The zero-order valence-corrected chi connectivity index (χ0v) is 20.1. The van der Waals surface area contributed by atoms with E-state index < -0.39 is 65.7 Å². The first-order chi connectivity index (χ1) is 16.3. The molecular formula is C21H38N6O8. The van der Waals surface area contributed by atoms with Crippen LogP contribution in [0.15, 0.2) is 0 Å². The Morgan fingerprint density at radius 2 is 1.37 bits per heavy atom. The molecule has 0 aliphatic rings. The second kappa shape index (κ2) is 16.4. The Morgan fingerprint density at radius 1 is 0.771 bits per heavy atom. The van der Waals surface area contributed by atoms with Gasteiger partial charge in [-0.25, -0.2) is 4.79 Å². The summed E-state index contributed by atoms with van der Waals surface area (Å²) in [6, 6.07) is -4.83. The van der Waals surface area contributed by atoms with Crippen molar-refractivity contribution in [3.05, 3.63) is 0 Å². The van der Waals surface area contributed by atoms with Gasteiger partial charge in [-0.15, -0.1) is 0 Å². The van der Waals surface area contributed by atoms with Gasteiger partial charge in [-0.2, -0.15) is 0 Å². The van der Waals surface area contributed by atoms with Gasteiger partial charge in [0.05, 0.1) is 6.04 Å². The van der Waals surface area contributed by atoms with Gasteiger partial charge in [0.15, 0.2) is 0 Å². The van der Waals surface area contributed by atoms with Crippen LogP contribution in [0, 0.1) is 5.92 Å². The van der Waals surface area contributed by atoms with Gasteiger partial charge in [-0.3, -0.25) is 24.0 Å². The number of nitrogens with one attached hydrogen (secondary N) is 3. The van der Waals surface area contributed by atoms with Crippen LogP contribution in [0.1, 0.15) is 58.8 Å². The number of carbonyl (C=O) groups excluding carboxylic acids is 4. The van der Waals surface area contributed by atoms with E-state index in [-0.39, 0.29) is 32.1 Å². The van der Waals surface area contributed by atoms with E-state index in [1.54, 1.807) is 13.8 Å². The molecule has 0 fully saturated rings. The Kier molecular flexibility index (Phi) is 14.9. The molecule has 0 heterocycles. The van der Waals surface area contributed by atoms with Gasteiger partial charge in [0.1, 0.15) is 18.1 Å². The fourth-order valence-electron chi connectivity index (χ4n) is 3.04. The number of rotatable bonds is 18. The predicted molar refractivity (Wildman–Crippen MR) is 124 cm³/mol. The van der Waals surface area contributed by atoms with Crippen molar-refractivity contribution < 1.29 is 39.0 Å². The van der Waals surface area contributed by atoms with E-state index in [9.17, 15) is 33.9 Å². The third-order valence-corrected chi connectivity index (χ3v) is 5.13. The first-order valence-electron chi connectivity index (χ1n) is 11.4. The van der Waals surface area contributed by atoms with Crippen molar-refractivity contribution in [2.24, 2.45) is 23.1 Å². The van der Waals surface area contributed by atoms with Crippen molar-refractivity contribution in [1.82, 2.24) is 16.0 Å². The van der Waals surface area contributed by atoms with Gasteiger partial charge in [-0.05, 0) is 44.6 Å². The van der Waals surface area contributed by atoms with Gasteiger partial charge in [0.25, 0.3) is 0 Å². The van der Waals surface area contributed by atoms with Crippen LogP contribution in [0.4, 0.5) is 0 Å². The van der Waals surface area contributed by atoms with Crippen LogP contribution < -0.4 is 33.2 Å². The normalized spacial score (nSPS) is 14.3. The molecule has 0 saturated heterocycles. The van der Waals surface area contributed by atoms with Gasteiger partial charge in [-0.1, -0.05) is 13.8 Å². The smallest absolute Gasteiger partial charge is 0.326 e. The quantitative estimate of drug-likeness (QED) is 0.0935. The lowest BCUT2D eigenvalue weighted by molar-refractivity contribution is -0.143. The lowest BCUT2D eigenvalue weighted by atomic mass is 10.0. The van der Waals surface area contributed by atoms with Crippen LogP contribution in [-0.4, -0.2) is 76.5 Å². The van der Waals surface area contributed by atoms with Crippen LogP contribution in [0.5, 0.6) is 0 Å². The van der Waals surface area contributed by atoms with Crippen molar-refractivity contribution in [2.45, 2.75) is 83.0 Å². The Balaban J connectivity index is 5.43. The summed E-state index contributed by atoms with van der Waals surface area (Å²) in [6.45, 7) is 3.62. The number of carbonyl (C=O) groups is 6. The SMILES string of the molecule is CC(C)C(NC(=O)C(N)CCC(=O)O)C(=O)NC(CCC(N)=O)C(=O)NC(CCCCN)C(=O)O. The number of carboxylic acids is 2. The summed E-state index contributed by atoms with van der Waals surface area (Å²) in [5.74, 6) is -5.91. The Morgan fingerprint density at radius 3 is 1.86 bits per heavy atom. The van der Waals surface area contributed by atoms with E-state index in [4.69, 9.17) is 22.3 Å². The predicted octanol–water partition coefficient (Wildman–Crippen LogP) is -2.23. The molecule has 35 heavy (non-hydrogen) atoms. The highest BCUT2D eigenvalue weighted by atomic mass is 16.4. The summed E-state index contributed by atoms with van der Waals surface area (Å²) in [6.07, 6.45) is 0.201. The fraction of sp³-hybridized carbons (Fsp3) is 0.714. The summed E-state index contributed by atoms with van der Waals surface area (Å²) in [5, 5.41) is 25.4. The molecule has 14 heteroatoms. The van der Waals surface area contributed by atoms with Crippen molar-refractivity contribution in [3.63, 3.8) is 0 Å². The highest BCUT2D eigenvalue weighted by molar-refractivity contribution is 5.94. The van der Waals surface area contributed by atoms with E-state index in [1.807, 2.05) is 0 Å². The average Bonchev–Trinajstić information content (AvgIpc) is 2.76. The van der Waals surface area contributed by atoms with Gasteiger partial charge < -0.3 is 43.4 Å². The zero-order valence-electron chi connectivity index (χ0n) is 20.1. The van der Waals surface area contributed by atoms with Crippen molar-refractivity contribution in [1.29, 1.82) is 0 Å². The second-order valence-corrected chi connectivity index (χ2v) is 8.52. The summed E-state index contributed by atoms with van der Waals surface area (Å²) in [7, 11) is 0. The molecule has 0 rings (SSSR count). The first-order valence-corrected chi connectivity index (χ1v) is 11.4. The fourth-order valence-corrected chi connectivity index (χ4v) is 3.04. The minimum Gasteiger partial charge on any atom is -0.481 e. The molecule has 4 atom stereocenters. The lowest BCUT2D eigenvalue weighted by Crippen LogP contribution is -2.58. The molecule has 14 nitrogen and oxygen atoms in total. The van der Waals surface area contributed by atoms with E-state index in [2.05, 4.69) is 16.0 Å². The first kappa shape index (κ1) is 31.7. The topological polar surface area (TPSA) is 257 Å². The number of carboxylic acid groups (broad SMARTS) is 2. The molecule has 0 aromatic rings. The number of amides is 4. The average molecular weight is 503 g/mol. The molecule has 4 unspecified atom stereocenters. The van der Waals surface area contributed by atoms with Crippen LogP contribution in [0.3, 0.4) is 0 Å². The Hall–Kier alpha value is -3.26. The van der Waals surface area contributed by atoms with Crippen LogP contribution in [0.25, 0.3) is 0 Å². The Bertz CT molecular complexity index is 760. The monoisotopic (exact) mass is 502 g/mol. The number of primary amides is 1. The summed E-state index contributed by atoms with van der Waals surface area (Å²) in [5.41, 5.74) is 16.3. The molecule has 0 aliphatic carbocycles. The van der Waals surface area contributed by atoms with Gasteiger partial charge in [0.2, 0.25) is 23.6 Å². The second-order valence-electron chi connectivity index (χ2n) is 8.52. The summed E-state index contributed by atoms with van der Waals surface area (Å²) in [4.78, 5) is 71.5. The minimum absolute atomic E-state index is 0.119. The molecular weight excluding hydrogens is 464 g/mol. The third-order valence-electron chi connectivity index (χ3n) is 5.13. The maximum atomic E-state index is 12.9.